The van der Waals surface area contributed by atoms with Crippen molar-refractivity contribution < 1.29 is 4.74 Å². The third kappa shape index (κ3) is 2.42. The van der Waals surface area contributed by atoms with Crippen LogP contribution in [-0.2, 0) is 10.3 Å². The summed E-state index contributed by atoms with van der Waals surface area (Å²) in [5.74, 6) is 0. The summed E-state index contributed by atoms with van der Waals surface area (Å²) in [4.78, 5) is 4.06. The highest BCUT2D eigenvalue weighted by atomic mass is 16.5. The molecule has 1 N–H and O–H groups in total. The van der Waals surface area contributed by atoms with Crippen molar-refractivity contribution in [2.24, 2.45) is 0 Å². The fourth-order valence-corrected chi connectivity index (χ4v) is 2.43. The van der Waals surface area contributed by atoms with Gasteiger partial charge in [-0.1, -0.05) is 6.92 Å². The summed E-state index contributed by atoms with van der Waals surface area (Å²) in [5, 5.41) is 3.51. The molecule has 1 aliphatic rings. The van der Waals surface area contributed by atoms with Crippen molar-refractivity contribution in [3.05, 3.63) is 30.1 Å². The average Bonchev–Trinajstić information content (AvgIpc) is 2.31. The van der Waals surface area contributed by atoms with E-state index in [1.165, 1.54) is 5.56 Å². The molecule has 0 radical (unpaired) electrons. The molecular formula is C13H20N2O. The Morgan fingerprint density at radius 3 is 2.94 bits per heavy atom. The molecule has 88 valence electrons. The first-order valence-corrected chi connectivity index (χ1v) is 6.02. The fourth-order valence-electron chi connectivity index (χ4n) is 2.43. The third-order valence-electron chi connectivity index (χ3n) is 3.31. The lowest BCUT2D eigenvalue weighted by Crippen LogP contribution is -2.43. The number of hydrogen-bond acceptors (Lipinski definition) is 3. The van der Waals surface area contributed by atoms with Gasteiger partial charge >= 0.3 is 0 Å². The minimum atomic E-state index is -0.159. The minimum absolute atomic E-state index is 0.159. The van der Waals surface area contributed by atoms with Crippen molar-refractivity contribution in [1.82, 2.24) is 10.3 Å². The molecule has 3 nitrogen and oxygen atoms in total. The van der Waals surface area contributed by atoms with Crippen LogP contribution in [-0.4, -0.2) is 24.2 Å². The molecular weight excluding hydrogens is 200 g/mol. The van der Waals surface area contributed by atoms with E-state index in [2.05, 4.69) is 24.1 Å². The lowest BCUT2D eigenvalue weighted by Gasteiger charge is -2.39. The van der Waals surface area contributed by atoms with Crippen LogP contribution in [0.3, 0.4) is 0 Å². The summed E-state index contributed by atoms with van der Waals surface area (Å²) in [6.07, 6.45) is 5.81. The molecule has 0 spiro atoms. The van der Waals surface area contributed by atoms with Crippen LogP contribution >= 0.6 is 0 Å². The van der Waals surface area contributed by atoms with Crippen molar-refractivity contribution in [2.45, 2.75) is 38.3 Å². The molecule has 2 heterocycles. The SMILES string of the molecule is CCNC1CCOC(C)(c2ccncc2)C1. The first-order chi connectivity index (χ1) is 7.74. The maximum absolute atomic E-state index is 5.96. The average molecular weight is 220 g/mol. The molecule has 0 saturated carbocycles. The number of nitrogens with one attached hydrogen (secondary N) is 1. The molecule has 1 aromatic rings. The van der Waals surface area contributed by atoms with Gasteiger partial charge in [-0.2, -0.15) is 0 Å². The Morgan fingerprint density at radius 1 is 1.50 bits per heavy atom. The lowest BCUT2D eigenvalue weighted by molar-refractivity contribution is -0.0811. The second-order valence-corrected chi connectivity index (χ2v) is 4.56. The number of nitrogens with zero attached hydrogens (tertiary/aromatic N) is 1. The van der Waals surface area contributed by atoms with Gasteiger partial charge in [-0.3, -0.25) is 4.98 Å². The Balaban J connectivity index is 2.12. The predicted molar refractivity (Wildman–Crippen MR) is 64.2 cm³/mol. The van der Waals surface area contributed by atoms with Crippen LogP contribution in [0.25, 0.3) is 0 Å². The first-order valence-electron chi connectivity index (χ1n) is 6.02. The van der Waals surface area contributed by atoms with Crippen LogP contribution in [0.1, 0.15) is 32.3 Å². The van der Waals surface area contributed by atoms with Gasteiger partial charge in [0.15, 0.2) is 0 Å². The van der Waals surface area contributed by atoms with Crippen LogP contribution in [0.2, 0.25) is 0 Å². The van der Waals surface area contributed by atoms with E-state index in [1.54, 1.807) is 0 Å². The van der Waals surface area contributed by atoms with Gasteiger partial charge in [0.05, 0.1) is 5.60 Å². The first kappa shape index (κ1) is 11.6. The predicted octanol–water partition coefficient (Wildman–Crippen LogP) is 2.09. The van der Waals surface area contributed by atoms with Crippen LogP contribution in [0.15, 0.2) is 24.5 Å². The minimum Gasteiger partial charge on any atom is -0.370 e. The molecule has 0 aromatic carbocycles. The zero-order valence-electron chi connectivity index (χ0n) is 10.1. The van der Waals surface area contributed by atoms with Crippen LogP contribution in [0.4, 0.5) is 0 Å². The quantitative estimate of drug-likeness (QED) is 0.847. The lowest BCUT2D eigenvalue weighted by atomic mass is 9.86. The monoisotopic (exact) mass is 220 g/mol. The molecule has 1 saturated heterocycles. The van der Waals surface area contributed by atoms with E-state index in [4.69, 9.17) is 4.74 Å². The summed E-state index contributed by atoms with van der Waals surface area (Å²) >= 11 is 0. The summed E-state index contributed by atoms with van der Waals surface area (Å²) in [7, 11) is 0. The van der Waals surface area contributed by atoms with E-state index >= 15 is 0 Å². The number of pyridine rings is 1. The molecule has 1 aliphatic heterocycles. The highest BCUT2D eigenvalue weighted by molar-refractivity contribution is 5.19. The Kier molecular flexibility index (Phi) is 3.56. The van der Waals surface area contributed by atoms with Gasteiger partial charge in [0.25, 0.3) is 0 Å². The summed E-state index contributed by atoms with van der Waals surface area (Å²) in [5.41, 5.74) is 1.07. The van der Waals surface area contributed by atoms with E-state index in [-0.39, 0.29) is 5.60 Å². The molecule has 0 aliphatic carbocycles. The van der Waals surface area contributed by atoms with Gasteiger partial charge in [-0.05, 0) is 44.0 Å². The van der Waals surface area contributed by atoms with E-state index in [0.717, 1.165) is 26.0 Å². The maximum Gasteiger partial charge on any atom is 0.0919 e. The molecule has 0 amide bonds. The van der Waals surface area contributed by atoms with Crippen molar-refractivity contribution in [3.8, 4) is 0 Å². The molecule has 1 aromatic heterocycles. The molecule has 2 unspecified atom stereocenters. The molecule has 2 atom stereocenters. The van der Waals surface area contributed by atoms with Crippen molar-refractivity contribution in [1.29, 1.82) is 0 Å². The number of rotatable bonds is 3. The topological polar surface area (TPSA) is 34.1 Å². The van der Waals surface area contributed by atoms with Gasteiger partial charge in [0, 0.05) is 25.0 Å². The van der Waals surface area contributed by atoms with Crippen molar-refractivity contribution in [2.75, 3.05) is 13.2 Å². The Morgan fingerprint density at radius 2 is 2.25 bits per heavy atom. The van der Waals surface area contributed by atoms with E-state index in [0.29, 0.717) is 6.04 Å². The largest absolute Gasteiger partial charge is 0.370 e. The molecule has 0 bridgehead atoms. The second kappa shape index (κ2) is 4.93. The highest BCUT2D eigenvalue weighted by Gasteiger charge is 2.34. The highest BCUT2D eigenvalue weighted by Crippen LogP contribution is 2.34. The van der Waals surface area contributed by atoms with E-state index < -0.39 is 0 Å². The van der Waals surface area contributed by atoms with Gasteiger partial charge < -0.3 is 10.1 Å². The van der Waals surface area contributed by atoms with Gasteiger partial charge in [-0.25, -0.2) is 0 Å². The van der Waals surface area contributed by atoms with Crippen molar-refractivity contribution in [3.63, 3.8) is 0 Å². The van der Waals surface area contributed by atoms with Gasteiger partial charge in [-0.15, -0.1) is 0 Å². The van der Waals surface area contributed by atoms with Gasteiger partial charge in [0.1, 0.15) is 0 Å². The number of hydrogen-bond donors (Lipinski definition) is 1. The molecule has 2 rings (SSSR count). The zero-order valence-corrected chi connectivity index (χ0v) is 10.1. The standard InChI is InChI=1S/C13H20N2O/c1-3-15-12-6-9-16-13(2,10-12)11-4-7-14-8-5-11/h4-5,7-8,12,15H,3,6,9-10H2,1-2H3. The van der Waals surface area contributed by atoms with E-state index in [1.807, 2.05) is 24.5 Å². The Hall–Kier alpha value is -0.930. The number of aromatic nitrogens is 1. The summed E-state index contributed by atoms with van der Waals surface area (Å²) < 4.78 is 5.96. The Bertz CT molecular complexity index is 326. The normalized spacial score (nSPS) is 30.2. The zero-order chi connectivity index (χ0) is 11.4. The second-order valence-electron chi connectivity index (χ2n) is 4.56. The summed E-state index contributed by atoms with van der Waals surface area (Å²) in [6.45, 7) is 6.18. The van der Waals surface area contributed by atoms with Gasteiger partial charge in [0.2, 0.25) is 0 Å². The maximum atomic E-state index is 5.96. The molecule has 1 fully saturated rings. The van der Waals surface area contributed by atoms with Crippen molar-refractivity contribution >= 4 is 0 Å². The van der Waals surface area contributed by atoms with E-state index in [9.17, 15) is 0 Å². The molecule has 16 heavy (non-hydrogen) atoms. The third-order valence-corrected chi connectivity index (χ3v) is 3.31. The fraction of sp³-hybridized carbons (Fsp3) is 0.615. The van der Waals surface area contributed by atoms with Crippen LogP contribution in [0, 0.1) is 0 Å². The van der Waals surface area contributed by atoms with Crippen LogP contribution < -0.4 is 5.32 Å². The molecule has 3 heteroatoms. The van der Waals surface area contributed by atoms with Crippen LogP contribution in [0.5, 0.6) is 0 Å². The number of ether oxygens (including phenoxy) is 1. The smallest absolute Gasteiger partial charge is 0.0919 e. The Labute approximate surface area is 97.2 Å². The summed E-state index contributed by atoms with van der Waals surface area (Å²) in [6, 6.07) is 4.67.